The van der Waals surface area contributed by atoms with Crippen LogP contribution >= 0.6 is 0 Å². The van der Waals surface area contributed by atoms with Crippen LogP contribution in [0.4, 0.5) is 14.5 Å². The molecule has 3 atom stereocenters. The van der Waals surface area contributed by atoms with Crippen molar-refractivity contribution in [1.82, 2.24) is 5.32 Å². The first kappa shape index (κ1) is 18.8. The van der Waals surface area contributed by atoms with Crippen LogP contribution in [0.25, 0.3) is 0 Å². The average Bonchev–Trinajstić information content (AvgIpc) is 2.65. The molecule has 2 aromatic carbocycles. The third-order valence-electron chi connectivity index (χ3n) is 4.92. The molecule has 3 N–H and O–H groups in total. The topological polar surface area (TPSA) is 76.7 Å². The zero-order valence-electron chi connectivity index (χ0n) is 15.0. The number of alkyl halides is 2. The minimum absolute atomic E-state index is 0.225. The van der Waals surface area contributed by atoms with E-state index in [0.29, 0.717) is 11.3 Å². The molecule has 0 saturated carbocycles. The van der Waals surface area contributed by atoms with E-state index in [4.69, 9.17) is 10.5 Å². The summed E-state index contributed by atoms with van der Waals surface area (Å²) in [5.41, 5.74) is 4.96. The van der Waals surface area contributed by atoms with Crippen molar-refractivity contribution < 1.29 is 18.3 Å². The number of carbonyl (C=O) groups excluding carboxylic acids is 1. The van der Waals surface area contributed by atoms with Gasteiger partial charge in [-0.25, -0.2) is 13.8 Å². The number of aliphatic imine (C=N–C) groups is 1. The molecule has 1 amide bonds. The number of nitrogen functional groups attached to an aromatic ring is 1. The molecule has 0 fully saturated rings. The Morgan fingerprint density at radius 2 is 1.89 bits per heavy atom. The van der Waals surface area contributed by atoms with Crippen molar-refractivity contribution in [2.45, 2.75) is 31.9 Å². The highest BCUT2D eigenvalue weighted by atomic mass is 19.3. The SMILES string of the molecule is CC1OC(NC(=O)c2ccccc2)=N[C@](c2cccc(N)c2)(C(F)F)[C@@H]1C. The van der Waals surface area contributed by atoms with Crippen molar-refractivity contribution in [3.8, 4) is 0 Å². The third-order valence-corrected chi connectivity index (χ3v) is 4.92. The minimum atomic E-state index is -2.82. The van der Waals surface area contributed by atoms with Gasteiger partial charge >= 0.3 is 0 Å². The van der Waals surface area contributed by atoms with Crippen molar-refractivity contribution in [3.05, 3.63) is 65.7 Å². The Labute approximate surface area is 156 Å². The summed E-state index contributed by atoms with van der Waals surface area (Å²) in [4.78, 5) is 16.6. The third kappa shape index (κ3) is 3.49. The fourth-order valence-electron chi connectivity index (χ4n) is 3.24. The molecule has 0 bridgehead atoms. The molecule has 1 heterocycles. The highest BCUT2D eigenvalue weighted by molar-refractivity contribution is 6.04. The number of halogens is 2. The quantitative estimate of drug-likeness (QED) is 0.808. The summed E-state index contributed by atoms with van der Waals surface area (Å²) in [6.45, 7) is 3.33. The maximum Gasteiger partial charge on any atom is 0.293 e. The average molecular weight is 373 g/mol. The first-order valence-electron chi connectivity index (χ1n) is 8.61. The van der Waals surface area contributed by atoms with Gasteiger partial charge in [-0.1, -0.05) is 37.3 Å². The normalized spacial score (nSPS) is 24.9. The molecule has 0 radical (unpaired) electrons. The van der Waals surface area contributed by atoms with Crippen molar-refractivity contribution in [2.24, 2.45) is 10.9 Å². The van der Waals surface area contributed by atoms with Crippen LogP contribution in [0.15, 0.2) is 59.6 Å². The lowest BCUT2D eigenvalue weighted by Crippen LogP contribution is -2.52. The largest absolute Gasteiger partial charge is 0.462 e. The molecule has 0 spiro atoms. The maximum atomic E-state index is 14.3. The number of benzene rings is 2. The van der Waals surface area contributed by atoms with Gasteiger partial charge in [0.1, 0.15) is 6.10 Å². The van der Waals surface area contributed by atoms with Crippen LogP contribution in [-0.4, -0.2) is 24.5 Å². The number of nitrogens with zero attached hydrogens (tertiary/aromatic N) is 1. The monoisotopic (exact) mass is 373 g/mol. The molecule has 0 aromatic heterocycles. The zero-order chi connectivity index (χ0) is 19.6. The maximum absolute atomic E-state index is 14.3. The van der Waals surface area contributed by atoms with E-state index in [9.17, 15) is 13.6 Å². The van der Waals surface area contributed by atoms with E-state index in [-0.39, 0.29) is 11.6 Å². The van der Waals surface area contributed by atoms with Crippen LogP contribution in [0, 0.1) is 5.92 Å². The van der Waals surface area contributed by atoms with Crippen LogP contribution in [0.2, 0.25) is 0 Å². The van der Waals surface area contributed by atoms with Gasteiger partial charge in [-0.3, -0.25) is 10.1 Å². The molecule has 142 valence electrons. The Kier molecular flexibility index (Phi) is 5.12. The number of amides is 1. The molecule has 1 aliphatic rings. The molecule has 3 rings (SSSR count). The van der Waals surface area contributed by atoms with Crippen molar-refractivity contribution >= 4 is 17.6 Å². The van der Waals surface area contributed by atoms with Gasteiger partial charge in [-0.15, -0.1) is 0 Å². The van der Waals surface area contributed by atoms with Crippen LogP contribution < -0.4 is 11.1 Å². The lowest BCUT2D eigenvalue weighted by molar-refractivity contribution is -0.0360. The predicted molar refractivity (Wildman–Crippen MR) is 99.6 cm³/mol. The van der Waals surface area contributed by atoms with Crippen molar-refractivity contribution in [2.75, 3.05) is 5.73 Å². The van der Waals surface area contributed by atoms with E-state index in [0.717, 1.165) is 0 Å². The van der Waals surface area contributed by atoms with E-state index in [1.54, 1.807) is 62.4 Å². The number of hydrogen-bond donors (Lipinski definition) is 2. The summed E-state index contributed by atoms with van der Waals surface area (Å²) in [6.07, 6.45) is -3.41. The van der Waals surface area contributed by atoms with E-state index in [2.05, 4.69) is 10.3 Å². The second-order valence-corrected chi connectivity index (χ2v) is 6.60. The van der Waals surface area contributed by atoms with Crippen molar-refractivity contribution in [3.63, 3.8) is 0 Å². The summed E-state index contributed by atoms with van der Waals surface area (Å²) in [5.74, 6) is -1.12. The molecular formula is C20H21F2N3O2. The van der Waals surface area contributed by atoms with Crippen LogP contribution in [-0.2, 0) is 10.3 Å². The molecule has 2 aromatic rings. The second kappa shape index (κ2) is 7.34. The number of anilines is 1. The summed E-state index contributed by atoms with van der Waals surface area (Å²) >= 11 is 0. The number of carbonyl (C=O) groups is 1. The Hall–Kier alpha value is -2.96. The van der Waals surface area contributed by atoms with Gasteiger partial charge in [-0.2, -0.15) is 0 Å². The second-order valence-electron chi connectivity index (χ2n) is 6.60. The number of nitrogens with two attached hydrogens (primary N) is 1. The van der Waals surface area contributed by atoms with Gasteiger partial charge in [0, 0.05) is 17.2 Å². The van der Waals surface area contributed by atoms with Gasteiger partial charge in [0.05, 0.1) is 0 Å². The Morgan fingerprint density at radius 1 is 1.19 bits per heavy atom. The summed E-state index contributed by atoms with van der Waals surface area (Å²) in [5, 5.41) is 2.50. The molecule has 1 unspecified atom stereocenters. The summed E-state index contributed by atoms with van der Waals surface area (Å²) in [6, 6.07) is 14.5. The number of ether oxygens (including phenoxy) is 1. The van der Waals surface area contributed by atoms with Gasteiger partial charge < -0.3 is 10.5 Å². The van der Waals surface area contributed by atoms with E-state index < -0.39 is 29.9 Å². The molecule has 0 aliphatic carbocycles. The highest BCUT2D eigenvalue weighted by Crippen LogP contribution is 2.44. The van der Waals surface area contributed by atoms with Crippen LogP contribution in [0.1, 0.15) is 29.8 Å². The molecule has 5 nitrogen and oxygen atoms in total. The lowest BCUT2D eigenvalue weighted by Gasteiger charge is -2.42. The van der Waals surface area contributed by atoms with Gasteiger partial charge in [0.15, 0.2) is 5.54 Å². The Morgan fingerprint density at radius 3 is 2.52 bits per heavy atom. The molecule has 0 saturated heterocycles. The standard InChI is InChI=1S/C20H21F2N3O2/c1-12-13(2)27-19(24-17(26)14-7-4-3-5-8-14)25-20(12,18(21)22)15-9-6-10-16(23)11-15/h3-13,18H,23H2,1-2H3,(H,24,25,26)/t12-,13?,20-/m1/s1. The van der Waals surface area contributed by atoms with Crippen molar-refractivity contribution in [1.29, 1.82) is 0 Å². The number of nitrogens with one attached hydrogen (secondary N) is 1. The Balaban J connectivity index is 2.03. The molecule has 1 aliphatic heterocycles. The number of amidine groups is 1. The first-order valence-corrected chi connectivity index (χ1v) is 8.61. The zero-order valence-corrected chi connectivity index (χ0v) is 15.0. The summed E-state index contributed by atoms with van der Waals surface area (Å²) in [7, 11) is 0. The molecular weight excluding hydrogens is 352 g/mol. The highest BCUT2D eigenvalue weighted by Gasteiger charge is 2.52. The lowest BCUT2D eigenvalue weighted by atomic mass is 9.76. The van der Waals surface area contributed by atoms with Crippen LogP contribution in [0.3, 0.4) is 0 Å². The van der Waals surface area contributed by atoms with Gasteiger partial charge in [0.2, 0.25) is 0 Å². The molecule has 7 heteroatoms. The van der Waals surface area contributed by atoms with Gasteiger partial charge in [-0.05, 0) is 36.8 Å². The van der Waals surface area contributed by atoms with E-state index >= 15 is 0 Å². The number of rotatable bonds is 3. The fourth-order valence-corrected chi connectivity index (χ4v) is 3.24. The smallest absolute Gasteiger partial charge is 0.293 e. The molecule has 27 heavy (non-hydrogen) atoms. The minimum Gasteiger partial charge on any atom is -0.462 e. The first-order chi connectivity index (χ1) is 12.8. The number of hydrogen-bond acceptors (Lipinski definition) is 4. The van der Waals surface area contributed by atoms with Crippen LogP contribution in [0.5, 0.6) is 0 Å². The van der Waals surface area contributed by atoms with E-state index in [1.807, 2.05) is 0 Å². The predicted octanol–water partition coefficient (Wildman–Crippen LogP) is 3.57. The fraction of sp³-hybridized carbons (Fsp3) is 0.300. The van der Waals surface area contributed by atoms with Gasteiger partial charge in [0.25, 0.3) is 18.4 Å². The summed E-state index contributed by atoms with van der Waals surface area (Å²) < 4.78 is 34.3. The Bertz CT molecular complexity index is 857. The van der Waals surface area contributed by atoms with E-state index in [1.165, 1.54) is 6.07 Å².